The number of hydrogen-bond donors (Lipinski definition) is 1. The molecule has 0 radical (unpaired) electrons. The molecule has 144 valence electrons. The highest BCUT2D eigenvalue weighted by molar-refractivity contribution is 5.95. The Morgan fingerprint density at radius 1 is 1.17 bits per heavy atom. The zero-order valence-corrected chi connectivity index (χ0v) is 16.2. The van der Waals surface area contributed by atoms with Gasteiger partial charge < -0.3 is 9.67 Å². The molecule has 1 fully saturated rings. The third kappa shape index (κ3) is 3.29. The third-order valence-corrected chi connectivity index (χ3v) is 5.61. The Bertz CT molecular complexity index is 1220. The van der Waals surface area contributed by atoms with E-state index in [-0.39, 0.29) is 0 Å². The number of rotatable bonds is 5. The van der Waals surface area contributed by atoms with Gasteiger partial charge in [-0.2, -0.15) is 0 Å². The maximum Gasteiger partial charge on any atom is 0.337 e. The van der Waals surface area contributed by atoms with Crippen LogP contribution in [0.25, 0.3) is 22.2 Å². The number of nitrogens with zero attached hydrogens (tertiary/aromatic N) is 3. The summed E-state index contributed by atoms with van der Waals surface area (Å²) >= 11 is 0. The van der Waals surface area contributed by atoms with Crippen LogP contribution in [0, 0.1) is 0 Å². The van der Waals surface area contributed by atoms with E-state index in [1.807, 2.05) is 43.7 Å². The third-order valence-electron chi connectivity index (χ3n) is 5.61. The summed E-state index contributed by atoms with van der Waals surface area (Å²) in [4.78, 5) is 20.9. The maximum atomic E-state index is 11.9. The number of aryl methyl sites for hydroxylation is 1. The lowest BCUT2D eigenvalue weighted by molar-refractivity contribution is 0.0695. The van der Waals surface area contributed by atoms with Crippen LogP contribution < -0.4 is 0 Å². The average molecular weight is 383 g/mol. The molecule has 1 saturated carbocycles. The van der Waals surface area contributed by atoms with Crippen LogP contribution in [0.4, 0.5) is 0 Å². The van der Waals surface area contributed by atoms with E-state index in [0.717, 1.165) is 46.1 Å². The molecule has 1 aliphatic carbocycles. The molecule has 0 atom stereocenters. The Morgan fingerprint density at radius 2 is 2.03 bits per heavy atom. The first-order chi connectivity index (χ1) is 14.1. The van der Waals surface area contributed by atoms with Gasteiger partial charge in [-0.15, -0.1) is 0 Å². The number of carbonyl (C=O) groups is 1. The minimum absolute atomic E-state index is 0.307. The zero-order chi connectivity index (χ0) is 20.0. The van der Waals surface area contributed by atoms with E-state index in [1.54, 1.807) is 6.20 Å². The Labute approximate surface area is 168 Å². The monoisotopic (exact) mass is 383 g/mol. The van der Waals surface area contributed by atoms with E-state index in [0.29, 0.717) is 23.6 Å². The van der Waals surface area contributed by atoms with E-state index in [4.69, 9.17) is 0 Å². The van der Waals surface area contributed by atoms with E-state index in [1.165, 1.54) is 0 Å². The lowest BCUT2D eigenvalue weighted by atomic mass is 9.98. The predicted molar refractivity (Wildman–Crippen MR) is 112 cm³/mol. The fraction of sp³-hybridized carbons (Fsp3) is 0.208. The van der Waals surface area contributed by atoms with Crippen molar-refractivity contribution in [3.8, 4) is 11.3 Å². The maximum absolute atomic E-state index is 11.9. The average Bonchev–Trinajstić information content (AvgIpc) is 3.52. The van der Waals surface area contributed by atoms with Gasteiger partial charge in [-0.1, -0.05) is 6.07 Å². The largest absolute Gasteiger partial charge is 0.478 e. The molecular formula is C24H21N3O2. The molecule has 5 nitrogen and oxygen atoms in total. The van der Waals surface area contributed by atoms with Crippen molar-refractivity contribution in [3.63, 3.8) is 0 Å². The summed E-state index contributed by atoms with van der Waals surface area (Å²) in [5.41, 5.74) is 6.03. The lowest BCUT2D eigenvalue weighted by Crippen LogP contribution is -2.07. The van der Waals surface area contributed by atoms with Gasteiger partial charge in [0.1, 0.15) is 0 Å². The van der Waals surface area contributed by atoms with Crippen LogP contribution in [0.1, 0.15) is 45.9 Å². The Hall–Kier alpha value is -3.47. The van der Waals surface area contributed by atoms with Gasteiger partial charge in [-0.25, -0.2) is 4.79 Å². The van der Waals surface area contributed by atoms with Crippen molar-refractivity contribution in [2.75, 3.05) is 0 Å². The molecule has 0 unspecified atom stereocenters. The van der Waals surface area contributed by atoms with Gasteiger partial charge in [0.15, 0.2) is 0 Å². The molecule has 0 bridgehead atoms. The molecule has 4 aromatic rings. The summed E-state index contributed by atoms with van der Waals surface area (Å²) in [6, 6.07) is 14.0. The van der Waals surface area contributed by atoms with E-state index >= 15 is 0 Å². The second-order valence-corrected chi connectivity index (χ2v) is 7.74. The summed E-state index contributed by atoms with van der Waals surface area (Å²) in [7, 11) is 2.02. The van der Waals surface area contributed by atoms with Gasteiger partial charge in [-0.05, 0) is 66.3 Å². The van der Waals surface area contributed by atoms with Gasteiger partial charge in [0.05, 0.1) is 22.5 Å². The van der Waals surface area contributed by atoms with Crippen molar-refractivity contribution in [2.45, 2.75) is 25.2 Å². The van der Waals surface area contributed by atoms with E-state index in [2.05, 4.69) is 32.7 Å². The van der Waals surface area contributed by atoms with Crippen molar-refractivity contribution < 1.29 is 9.90 Å². The molecule has 5 heteroatoms. The molecule has 0 amide bonds. The molecule has 3 aromatic heterocycles. The fourth-order valence-corrected chi connectivity index (χ4v) is 3.99. The summed E-state index contributed by atoms with van der Waals surface area (Å²) in [6.07, 6.45) is 8.39. The number of aromatic carboxylic acids is 1. The Kier molecular flexibility index (Phi) is 4.16. The highest BCUT2D eigenvalue weighted by Crippen LogP contribution is 2.40. The topological polar surface area (TPSA) is 68.0 Å². The standard InChI is InChI=1S/C24H21N3O2/c1-27-9-7-17-10-15(11-19(23(17)27)21-4-2-3-8-25-21)12-22-20(24(28)29)13-18(14-26-22)16-5-6-16/h2-4,7-11,13-14,16H,5-6,12H2,1H3,(H,28,29). The molecule has 0 saturated heterocycles. The van der Waals surface area contributed by atoms with E-state index in [9.17, 15) is 9.90 Å². The van der Waals surface area contributed by atoms with Crippen molar-refractivity contribution in [3.05, 3.63) is 83.4 Å². The summed E-state index contributed by atoms with van der Waals surface area (Å²) in [5.74, 6) is -0.438. The van der Waals surface area contributed by atoms with Crippen LogP contribution in [-0.4, -0.2) is 25.6 Å². The quantitative estimate of drug-likeness (QED) is 0.537. The molecule has 3 heterocycles. The van der Waals surface area contributed by atoms with E-state index < -0.39 is 5.97 Å². The number of pyridine rings is 2. The molecule has 1 aromatic carbocycles. The van der Waals surface area contributed by atoms with Crippen LogP contribution >= 0.6 is 0 Å². The second-order valence-electron chi connectivity index (χ2n) is 7.74. The van der Waals surface area contributed by atoms with Gasteiger partial charge in [0, 0.05) is 43.0 Å². The molecule has 5 rings (SSSR count). The molecular weight excluding hydrogens is 362 g/mol. The number of hydrogen-bond acceptors (Lipinski definition) is 3. The van der Waals surface area contributed by atoms with Crippen LogP contribution in [0.15, 0.2) is 61.1 Å². The predicted octanol–water partition coefficient (Wildman–Crippen LogP) is 4.80. The number of aromatic nitrogens is 3. The minimum atomic E-state index is -0.916. The molecule has 1 aliphatic rings. The molecule has 0 spiro atoms. The van der Waals surface area contributed by atoms with Gasteiger partial charge in [0.25, 0.3) is 0 Å². The zero-order valence-electron chi connectivity index (χ0n) is 16.2. The fourth-order valence-electron chi connectivity index (χ4n) is 3.99. The highest BCUT2D eigenvalue weighted by atomic mass is 16.4. The van der Waals surface area contributed by atoms with Crippen LogP contribution in [-0.2, 0) is 13.5 Å². The lowest BCUT2D eigenvalue weighted by Gasteiger charge is -2.11. The number of carboxylic acid groups (broad SMARTS) is 1. The van der Waals surface area contributed by atoms with Crippen LogP contribution in [0.5, 0.6) is 0 Å². The molecule has 29 heavy (non-hydrogen) atoms. The van der Waals surface area contributed by atoms with Gasteiger partial charge in [-0.3, -0.25) is 9.97 Å². The summed E-state index contributed by atoms with van der Waals surface area (Å²) in [5, 5.41) is 10.8. The van der Waals surface area contributed by atoms with Crippen molar-refractivity contribution >= 4 is 16.9 Å². The SMILES string of the molecule is Cn1ccc2cc(Cc3ncc(C4CC4)cc3C(=O)O)cc(-c3ccccn3)c21. The first-order valence-electron chi connectivity index (χ1n) is 9.81. The smallest absolute Gasteiger partial charge is 0.337 e. The number of fused-ring (bicyclic) bond motifs is 1. The normalized spacial score (nSPS) is 13.7. The van der Waals surface area contributed by atoms with Crippen molar-refractivity contribution in [1.29, 1.82) is 0 Å². The molecule has 0 aliphatic heterocycles. The van der Waals surface area contributed by atoms with Gasteiger partial charge >= 0.3 is 5.97 Å². The van der Waals surface area contributed by atoms with Crippen molar-refractivity contribution in [1.82, 2.24) is 14.5 Å². The number of carboxylic acids is 1. The minimum Gasteiger partial charge on any atom is -0.478 e. The van der Waals surface area contributed by atoms with Crippen LogP contribution in [0.3, 0.4) is 0 Å². The first-order valence-corrected chi connectivity index (χ1v) is 9.81. The van der Waals surface area contributed by atoms with Gasteiger partial charge in [0.2, 0.25) is 0 Å². The molecule has 1 N–H and O–H groups in total. The summed E-state index contributed by atoms with van der Waals surface area (Å²) in [6.45, 7) is 0. The van der Waals surface area contributed by atoms with Crippen LogP contribution in [0.2, 0.25) is 0 Å². The van der Waals surface area contributed by atoms with Crippen molar-refractivity contribution in [2.24, 2.45) is 7.05 Å². The Morgan fingerprint density at radius 3 is 2.76 bits per heavy atom. The Balaban J connectivity index is 1.61. The summed E-state index contributed by atoms with van der Waals surface area (Å²) < 4.78 is 2.09. The highest BCUT2D eigenvalue weighted by Gasteiger charge is 2.26. The number of benzene rings is 1. The second kappa shape index (κ2) is 6.85. The first kappa shape index (κ1) is 17.6.